The molecule has 0 radical (unpaired) electrons. The average Bonchev–Trinajstić information content (AvgIpc) is 3.04. The summed E-state index contributed by atoms with van der Waals surface area (Å²) in [5, 5.41) is 14.0. The van der Waals surface area contributed by atoms with Crippen LogP contribution in [0.1, 0.15) is 30.0 Å². The highest BCUT2D eigenvalue weighted by molar-refractivity contribution is 7.53. The molecule has 1 aliphatic rings. The van der Waals surface area contributed by atoms with Gasteiger partial charge in [-0.15, -0.1) is 0 Å². The van der Waals surface area contributed by atoms with Crippen molar-refractivity contribution >= 4 is 13.4 Å². The van der Waals surface area contributed by atoms with E-state index in [1.807, 2.05) is 0 Å². The van der Waals surface area contributed by atoms with Gasteiger partial charge in [-0.1, -0.05) is 0 Å². The Bertz CT molecular complexity index is 1270. The average molecular weight is 444 g/mol. The van der Waals surface area contributed by atoms with Gasteiger partial charge in [-0.3, -0.25) is 4.68 Å². The summed E-state index contributed by atoms with van der Waals surface area (Å²) in [6.07, 6.45) is 0.319. The van der Waals surface area contributed by atoms with E-state index in [2.05, 4.69) is 21.1 Å². The van der Waals surface area contributed by atoms with E-state index in [1.54, 1.807) is 14.0 Å². The molecular formula is C19H18FN6O4P. The lowest BCUT2D eigenvalue weighted by Gasteiger charge is -2.23. The van der Waals surface area contributed by atoms with Crippen LogP contribution in [0.15, 0.2) is 24.4 Å². The van der Waals surface area contributed by atoms with Crippen molar-refractivity contribution in [2.45, 2.75) is 19.2 Å². The fourth-order valence-electron chi connectivity index (χ4n) is 3.29. The molecule has 0 aliphatic carbocycles. The number of aromatic nitrogens is 4. The number of hydrogen-bond donors (Lipinski definition) is 1. The third-order valence-electron chi connectivity index (χ3n) is 4.81. The number of halogens is 1. The van der Waals surface area contributed by atoms with Gasteiger partial charge in [0.05, 0.1) is 23.1 Å². The summed E-state index contributed by atoms with van der Waals surface area (Å²) in [5.74, 6) is -0.414. The third kappa shape index (κ3) is 3.71. The van der Waals surface area contributed by atoms with Crippen LogP contribution in [0, 0.1) is 17.1 Å². The second-order valence-electron chi connectivity index (χ2n) is 6.84. The third-order valence-corrected chi connectivity index (χ3v) is 6.52. The van der Waals surface area contributed by atoms with Crippen LogP contribution in [0.4, 0.5) is 10.2 Å². The molecule has 3 heterocycles. The molecule has 0 amide bonds. The Labute approximate surface area is 176 Å². The van der Waals surface area contributed by atoms with E-state index < -0.39 is 19.5 Å². The minimum Gasteiger partial charge on any atom is -0.467 e. The number of nitrogens with zero attached hydrogens (tertiary/aromatic N) is 5. The summed E-state index contributed by atoms with van der Waals surface area (Å²) in [6.45, 7) is 1.63. The van der Waals surface area contributed by atoms with E-state index in [0.717, 1.165) is 0 Å². The molecule has 2 aromatic heterocycles. The van der Waals surface area contributed by atoms with E-state index in [-0.39, 0.29) is 46.3 Å². The standard InChI is InChI=1S/C19H18FN6O4P/c1-10-12-6-11(20)4-5-16(12)30-31(27,28-3)9-14-17(15(7-21)26(2)25-14)13-8-23-18(22)19(24-13)29-10/h4-6,8,10H,9H2,1-3H3,(H2,22,23)/t10-,31?/m1/s1. The number of anilines is 1. The molecular weight excluding hydrogens is 426 g/mol. The van der Waals surface area contributed by atoms with Crippen molar-refractivity contribution in [2.24, 2.45) is 7.05 Å². The molecule has 3 aromatic rings. The summed E-state index contributed by atoms with van der Waals surface area (Å²) in [7, 11) is -1.00. The summed E-state index contributed by atoms with van der Waals surface area (Å²) in [5.41, 5.74) is 7.21. The topological polar surface area (TPSA) is 138 Å². The number of fused-ring (bicyclic) bond motifs is 5. The van der Waals surface area contributed by atoms with E-state index in [9.17, 15) is 14.2 Å². The first-order valence-corrected chi connectivity index (χ1v) is 10.9. The first kappa shape index (κ1) is 20.8. The molecule has 0 saturated carbocycles. The van der Waals surface area contributed by atoms with Crippen molar-refractivity contribution in [3.63, 3.8) is 0 Å². The van der Waals surface area contributed by atoms with Crippen molar-refractivity contribution in [2.75, 3.05) is 12.8 Å². The largest absolute Gasteiger partial charge is 0.467 e. The zero-order chi connectivity index (χ0) is 22.3. The Hall–Kier alpha value is -3.48. The summed E-state index contributed by atoms with van der Waals surface area (Å²) < 4.78 is 45.6. The van der Waals surface area contributed by atoms with Gasteiger partial charge in [0.1, 0.15) is 35.6 Å². The number of benzene rings is 1. The van der Waals surface area contributed by atoms with Crippen LogP contribution in [0.5, 0.6) is 11.6 Å². The fourth-order valence-corrected chi connectivity index (χ4v) is 4.62. The van der Waals surface area contributed by atoms with Crippen molar-refractivity contribution in [3.05, 3.63) is 47.2 Å². The summed E-state index contributed by atoms with van der Waals surface area (Å²) in [4.78, 5) is 8.52. The lowest BCUT2D eigenvalue weighted by atomic mass is 10.1. The van der Waals surface area contributed by atoms with Gasteiger partial charge in [-0.05, 0) is 25.1 Å². The predicted octanol–water partition coefficient (Wildman–Crippen LogP) is 3.34. The van der Waals surface area contributed by atoms with Crippen molar-refractivity contribution in [1.29, 1.82) is 5.26 Å². The number of rotatable bonds is 1. The normalized spacial score (nSPS) is 20.2. The van der Waals surface area contributed by atoms with Gasteiger partial charge < -0.3 is 19.5 Å². The summed E-state index contributed by atoms with van der Waals surface area (Å²) in [6, 6.07) is 5.78. The van der Waals surface area contributed by atoms with E-state index in [4.69, 9.17) is 19.5 Å². The van der Waals surface area contributed by atoms with Crippen molar-refractivity contribution in [1.82, 2.24) is 19.7 Å². The maximum absolute atomic E-state index is 14.0. The molecule has 1 aromatic carbocycles. The molecule has 160 valence electrons. The van der Waals surface area contributed by atoms with Crippen LogP contribution < -0.4 is 15.0 Å². The molecule has 2 atom stereocenters. The number of nitrogen functional groups attached to an aromatic ring is 1. The Morgan fingerprint density at radius 2 is 2.23 bits per heavy atom. The van der Waals surface area contributed by atoms with Gasteiger partial charge in [-0.2, -0.15) is 10.4 Å². The van der Waals surface area contributed by atoms with Crippen LogP contribution in [0.2, 0.25) is 0 Å². The van der Waals surface area contributed by atoms with Crippen LogP contribution in [-0.2, 0) is 22.3 Å². The van der Waals surface area contributed by atoms with Crippen LogP contribution in [0.25, 0.3) is 11.3 Å². The van der Waals surface area contributed by atoms with Crippen molar-refractivity contribution in [3.8, 4) is 29.0 Å². The number of ether oxygens (including phenoxy) is 1. The maximum Gasteiger partial charge on any atom is 0.384 e. The van der Waals surface area contributed by atoms with Crippen LogP contribution >= 0.6 is 7.60 Å². The Balaban J connectivity index is 2.00. The highest BCUT2D eigenvalue weighted by Gasteiger charge is 2.33. The van der Waals surface area contributed by atoms with Gasteiger partial charge in [-0.25, -0.2) is 18.9 Å². The molecule has 10 nitrogen and oxygen atoms in total. The zero-order valence-electron chi connectivity index (χ0n) is 16.9. The molecule has 4 rings (SSSR count). The number of hydrogen-bond acceptors (Lipinski definition) is 9. The highest BCUT2D eigenvalue weighted by Crippen LogP contribution is 2.53. The molecule has 1 unspecified atom stereocenters. The SMILES string of the molecule is COP1(=O)Cc2nn(C)c(C#N)c2-c2cnc(N)c(n2)O[C@H](C)c2cc(F)ccc2O1. The molecule has 12 heteroatoms. The van der Waals surface area contributed by atoms with Crippen LogP contribution in [-0.4, -0.2) is 26.9 Å². The Kier molecular flexibility index (Phi) is 5.13. The Morgan fingerprint density at radius 3 is 2.94 bits per heavy atom. The predicted molar refractivity (Wildman–Crippen MR) is 108 cm³/mol. The van der Waals surface area contributed by atoms with Crippen LogP contribution in [0.3, 0.4) is 0 Å². The maximum atomic E-state index is 14.0. The van der Waals surface area contributed by atoms with Gasteiger partial charge in [0, 0.05) is 19.7 Å². The minimum absolute atomic E-state index is 0.00518. The second-order valence-corrected chi connectivity index (χ2v) is 8.92. The number of nitriles is 1. The lowest BCUT2D eigenvalue weighted by Crippen LogP contribution is -2.11. The minimum atomic E-state index is -3.82. The first-order chi connectivity index (χ1) is 14.7. The monoisotopic (exact) mass is 444 g/mol. The quantitative estimate of drug-likeness (QED) is 0.560. The molecule has 0 saturated heterocycles. The second kappa shape index (κ2) is 7.65. The van der Waals surface area contributed by atoms with Gasteiger partial charge in [0.2, 0.25) is 0 Å². The summed E-state index contributed by atoms with van der Waals surface area (Å²) >= 11 is 0. The molecule has 0 fully saturated rings. The van der Waals surface area contributed by atoms with E-state index in [0.29, 0.717) is 5.56 Å². The molecule has 2 bridgehead atoms. The number of nitrogens with two attached hydrogens (primary N) is 1. The first-order valence-electron chi connectivity index (χ1n) is 9.14. The molecule has 31 heavy (non-hydrogen) atoms. The van der Waals surface area contributed by atoms with Gasteiger partial charge >= 0.3 is 7.60 Å². The highest BCUT2D eigenvalue weighted by atomic mass is 31.2. The number of aryl methyl sites for hydroxylation is 1. The molecule has 2 N–H and O–H groups in total. The fraction of sp³-hybridized carbons (Fsp3) is 0.263. The smallest absolute Gasteiger partial charge is 0.384 e. The lowest BCUT2D eigenvalue weighted by molar-refractivity contribution is 0.214. The van der Waals surface area contributed by atoms with Gasteiger partial charge in [0.15, 0.2) is 5.82 Å². The molecule has 0 spiro atoms. The zero-order valence-corrected chi connectivity index (χ0v) is 17.8. The van der Waals surface area contributed by atoms with Gasteiger partial charge in [0.25, 0.3) is 5.88 Å². The van der Waals surface area contributed by atoms with E-state index >= 15 is 0 Å². The van der Waals surface area contributed by atoms with E-state index in [1.165, 1.54) is 36.2 Å². The molecule has 1 aliphatic heterocycles. The Morgan fingerprint density at radius 1 is 1.45 bits per heavy atom. The van der Waals surface area contributed by atoms with Crippen molar-refractivity contribution < 1.29 is 22.7 Å².